The van der Waals surface area contributed by atoms with Gasteiger partial charge in [-0.05, 0) is 37.6 Å². The van der Waals surface area contributed by atoms with E-state index in [-0.39, 0.29) is 23.3 Å². The van der Waals surface area contributed by atoms with Crippen LogP contribution < -0.4 is 10.6 Å². The van der Waals surface area contributed by atoms with E-state index in [1.54, 1.807) is 6.07 Å². The van der Waals surface area contributed by atoms with Crippen molar-refractivity contribution >= 4 is 17.3 Å². The van der Waals surface area contributed by atoms with Gasteiger partial charge in [0.05, 0.1) is 5.69 Å². The lowest BCUT2D eigenvalue weighted by molar-refractivity contribution is 0.0934. The van der Waals surface area contributed by atoms with E-state index in [1.165, 1.54) is 18.3 Å². The summed E-state index contributed by atoms with van der Waals surface area (Å²) < 4.78 is 26.5. The Morgan fingerprint density at radius 1 is 1.27 bits per heavy atom. The summed E-state index contributed by atoms with van der Waals surface area (Å²) in [6, 6.07) is 6.40. The summed E-state index contributed by atoms with van der Waals surface area (Å²) in [6.45, 7) is 3.86. The van der Waals surface area contributed by atoms with Gasteiger partial charge in [0.2, 0.25) is 0 Å². The number of benzene rings is 1. The Balaban J connectivity index is 2.16. The molecular formula is C16H17F2N3O. The van der Waals surface area contributed by atoms with E-state index in [4.69, 9.17) is 0 Å². The maximum atomic E-state index is 13.6. The second-order valence-corrected chi connectivity index (χ2v) is 4.96. The number of halogens is 2. The lowest BCUT2D eigenvalue weighted by atomic mass is 10.2. The van der Waals surface area contributed by atoms with Gasteiger partial charge in [0.15, 0.2) is 0 Å². The van der Waals surface area contributed by atoms with Gasteiger partial charge in [-0.25, -0.2) is 8.78 Å². The second-order valence-electron chi connectivity index (χ2n) is 4.96. The number of hydrogen-bond acceptors (Lipinski definition) is 3. The van der Waals surface area contributed by atoms with Gasteiger partial charge in [-0.1, -0.05) is 6.92 Å². The van der Waals surface area contributed by atoms with Crippen molar-refractivity contribution in [3.05, 3.63) is 53.9 Å². The van der Waals surface area contributed by atoms with Crippen molar-refractivity contribution < 1.29 is 13.6 Å². The maximum Gasteiger partial charge on any atom is 0.270 e. The highest BCUT2D eigenvalue weighted by atomic mass is 19.1. The largest absolute Gasteiger partial charge is 0.353 e. The SMILES string of the molecule is CCC(C)NC(=O)c1cc(Nc2ccc(F)cc2F)ccn1. The Hall–Kier alpha value is -2.50. The van der Waals surface area contributed by atoms with Crippen LogP contribution >= 0.6 is 0 Å². The molecule has 1 aromatic carbocycles. The van der Waals surface area contributed by atoms with E-state index < -0.39 is 11.6 Å². The fraction of sp³-hybridized carbons (Fsp3) is 0.250. The zero-order chi connectivity index (χ0) is 16.1. The van der Waals surface area contributed by atoms with Gasteiger partial charge in [0.1, 0.15) is 17.3 Å². The molecular weight excluding hydrogens is 288 g/mol. The average molecular weight is 305 g/mol. The molecule has 2 rings (SSSR count). The molecule has 4 nitrogen and oxygen atoms in total. The average Bonchev–Trinajstić information content (AvgIpc) is 2.50. The zero-order valence-electron chi connectivity index (χ0n) is 12.4. The Bertz CT molecular complexity index is 676. The third kappa shape index (κ3) is 4.00. The van der Waals surface area contributed by atoms with E-state index in [0.29, 0.717) is 5.69 Å². The quantitative estimate of drug-likeness (QED) is 0.887. The minimum atomic E-state index is -0.706. The Kier molecular flexibility index (Phi) is 5.04. The molecule has 22 heavy (non-hydrogen) atoms. The molecule has 1 atom stereocenters. The molecule has 0 spiro atoms. The minimum Gasteiger partial charge on any atom is -0.353 e. The number of carbonyl (C=O) groups is 1. The Labute approximate surface area is 127 Å². The molecule has 0 aliphatic carbocycles. The van der Waals surface area contributed by atoms with Crippen molar-refractivity contribution in [2.45, 2.75) is 26.3 Å². The predicted octanol–water partition coefficient (Wildman–Crippen LogP) is 3.63. The molecule has 0 saturated carbocycles. The third-order valence-electron chi connectivity index (χ3n) is 3.19. The second kappa shape index (κ2) is 6.98. The van der Waals surface area contributed by atoms with Crippen LogP contribution in [0.25, 0.3) is 0 Å². The van der Waals surface area contributed by atoms with E-state index >= 15 is 0 Å². The molecule has 6 heteroatoms. The highest BCUT2D eigenvalue weighted by Crippen LogP contribution is 2.20. The van der Waals surface area contributed by atoms with Crippen molar-refractivity contribution in [2.24, 2.45) is 0 Å². The van der Waals surface area contributed by atoms with Crippen molar-refractivity contribution in [3.63, 3.8) is 0 Å². The van der Waals surface area contributed by atoms with Gasteiger partial charge in [0.25, 0.3) is 5.91 Å². The number of hydrogen-bond donors (Lipinski definition) is 2. The molecule has 0 saturated heterocycles. The molecule has 1 unspecified atom stereocenters. The van der Waals surface area contributed by atoms with Gasteiger partial charge in [-0.2, -0.15) is 0 Å². The minimum absolute atomic E-state index is 0.0421. The van der Waals surface area contributed by atoms with Gasteiger partial charge in [-0.3, -0.25) is 9.78 Å². The summed E-state index contributed by atoms with van der Waals surface area (Å²) in [5.74, 6) is -1.65. The maximum absolute atomic E-state index is 13.6. The van der Waals surface area contributed by atoms with Crippen molar-refractivity contribution in [1.82, 2.24) is 10.3 Å². The number of carbonyl (C=O) groups excluding carboxylic acids is 1. The first-order valence-electron chi connectivity index (χ1n) is 6.98. The van der Waals surface area contributed by atoms with Crippen LogP contribution in [0, 0.1) is 11.6 Å². The van der Waals surface area contributed by atoms with Gasteiger partial charge in [0, 0.05) is 24.0 Å². The van der Waals surface area contributed by atoms with E-state index in [2.05, 4.69) is 15.6 Å². The number of pyridine rings is 1. The van der Waals surface area contributed by atoms with E-state index in [9.17, 15) is 13.6 Å². The van der Waals surface area contributed by atoms with Crippen LogP contribution in [0.5, 0.6) is 0 Å². The van der Waals surface area contributed by atoms with Gasteiger partial charge >= 0.3 is 0 Å². The molecule has 1 aromatic heterocycles. The fourth-order valence-electron chi connectivity index (χ4n) is 1.78. The number of rotatable bonds is 5. The first kappa shape index (κ1) is 15.9. The smallest absolute Gasteiger partial charge is 0.270 e. The molecule has 116 valence electrons. The van der Waals surface area contributed by atoms with Crippen LogP contribution in [-0.2, 0) is 0 Å². The van der Waals surface area contributed by atoms with Gasteiger partial charge < -0.3 is 10.6 Å². The zero-order valence-corrected chi connectivity index (χ0v) is 12.4. The lowest BCUT2D eigenvalue weighted by Gasteiger charge is -2.12. The highest BCUT2D eigenvalue weighted by Gasteiger charge is 2.11. The summed E-state index contributed by atoms with van der Waals surface area (Å²) in [5.41, 5.74) is 0.850. The summed E-state index contributed by atoms with van der Waals surface area (Å²) in [4.78, 5) is 16.0. The Morgan fingerprint density at radius 3 is 2.73 bits per heavy atom. The van der Waals surface area contributed by atoms with Crippen LogP contribution in [0.4, 0.5) is 20.2 Å². The molecule has 2 aromatic rings. The molecule has 0 fully saturated rings. The monoisotopic (exact) mass is 305 g/mol. The van der Waals surface area contributed by atoms with Crippen LogP contribution in [0.2, 0.25) is 0 Å². The number of nitrogens with one attached hydrogen (secondary N) is 2. The topological polar surface area (TPSA) is 54.0 Å². The molecule has 0 radical (unpaired) electrons. The van der Waals surface area contributed by atoms with E-state index in [0.717, 1.165) is 18.6 Å². The first-order valence-corrected chi connectivity index (χ1v) is 6.98. The summed E-state index contributed by atoms with van der Waals surface area (Å²) in [6.07, 6.45) is 2.26. The predicted molar refractivity (Wildman–Crippen MR) is 81.1 cm³/mol. The highest BCUT2D eigenvalue weighted by molar-refractivity contribution is 5.93. The molecule has 0 aliphatic rings. The summed E-state index contributed by atoms with van der Waals surface area (Å²) >= 11 is 0. The van der Waals surface area contributed by atoms with E-state index in [1.807, 2.05) is 13.8 Å². The summed E-state index contributed by atoms with van der Waals surface area (Å²) in [5, 5.41) is 5.60. The molecule has 2 N–H and O–H groups in total. The van der Waals surface area contributed by atoms with Gasteiger partial charge in [-0.15, -0.1) is 0 Å². The van der Waals surface area contributed by atoms with Crippen LogP contribution in [-0.4, -0.2) is 16.9 Å². The lowest BCUT2D eigenvalue weighted by Crippen LogP contribution is -2.32. The normalized spacial score (nSPS) is 11.8. The fourth-order valence-corrected chi connectivity index (χ4v) is 1.78. The number of anilines is 2. The van der Waals surface area contributed by atoms with Crippen molar-refractivity contribution in [2.75, 3.05) is 5.32 Å². The third-order valence-corrected chi connectivity index (χ3v) is 3.19. The van der Waals surface area contributed by atoms with Crippen molar-refractivity contribution in [1.29, 1.82) is 0 Å². The number of amides is 1. The molecule has 0 bridgehead atoms. The number of nitrogens with zero attached hydrogens (tertiary/aromatic N) is 1. The molecule has 1 amide bonds. The van der Waals surface area contributed by atoms with Crippen LogP contribution in [0.3, 0.4) is 0 Å². The standard InChI is InChI=1S/C16H17F2N3O/c1-3-10(2)20-16(22)15-9-12(6-7-19-15)21-14-5-4-11(17)8-13(14)18/h4-10H,3H2,1-2H3,(H,19,21)(H,20,22). The molecule has 1 heterocycles. The van der Waals surface area contributed by atoms with Crippen molar-refractivity contribution in [3.8, 4) is 0 Å². The molecule has 0 aliphatic heterocycles. The Morgan fingerprint density at radius 2 is 2.05 bits per heavy atom. The first-order chi connectivity index (χ1) is 10.5. The number of aromatic nitrogens is 1. The van der Waals surface area contributed by atoms with Crippen LogP contribution in [0.1, 0.15) is 30.8 Å². The summed E-state index contributed by atoms with van der Waals surface area (Å²) in [7, 11) is 0. The van der Waals surface area contributed by atoms with Crippen LogP contribution in [0.15, 0.2) is 36.5 Å².